The van der Waals surface area contributed by atoms with Gasteiger partial charge in [-0.3, -0.25) is 5.73 Å². The van der Waals surface area contributed by atoms with Crippen LogP contribution in [0.1, 0.15) is 123 Å². The lowest BCUT2D eigenvalue weighted by Gasteiger charge is -2.34. The van der Waals surface area contributed by atoms with Crippen molar-refractivity contribution in [3.8, 4) is 0 Å². The highest BCUT2D eigenvalue weighted by Gasteiger charge is 2.40. The van der Waals surface area contributed by atoms with Crippen LogP contribution in [0.3, 0.4) is 0 Å². The fourth-order valence-electron chi connectivity index (χ4n) is 4.48. The summed E-state index contributed by atoms with van der Waals surface area (Å²) in [4.78, 5) is 15.7. The molecular formula is C27H50N3O2+. The SMILES string of the molecule is CCC/C=C/CCCCCCCCCCCCCCCC1=NC=C[N+]1(CC(=O)O)C(C)N. The van der Waals surface area contributed by atoms with Crippen LogP contribution in [-0.2, 0) is 4.79 Å². The van der Waals surface area contributed by atoms with Crippen molar-refractivity contribution in [2.45, 2.75) is 129 Å². The Hall–Kier alpha value is -1.46. The van der Waals surface area contributed by atoms with E-state index in [1.54, 1.807) is 6.20 Å². The third-order valence-electron chi connectivity index (χ3n) is 6.55. The van der Waals surface area contributed by atoms with Crippen LogP contribution in [0.5, 0.6) is 0 Å². The zero-order valence-corrected chi connectivity index (χ0v) is 20.9. The second-order valence-electron chi connectivity index (χ2n) is 9.46. The molecule has 1 aliphatic rings. The Bertz CT molecular complexity index is 583. The summed E-state index contributed by atoms with van der Waals surface area (Å²) in [6, 6.07) is 0. The van der Waals surface area contributed by atoms with Crippen molar-refractivity contribution in [3.05, 3.63) is 24.6 Å². The molecule has 0 aromatic carbocycles. The van der Waals surface area contributed by atoms with Crippen LogP contribution in [-0.4, -0.2) is 34.1 Å². The number of allylic oxidation sites excluding steroid dienone is 2. The summed E-state index contributed by atoms with van der Waals surface area (Å²) in [6.45, 7) is 4.07. The molecule has 2 atom stereocenters. The minimum Gasteiger partial charge on any atom is -0.477 e. The van der Waals surface area contributed by atoms with Crippen LogP contribution < -0.4 is 5.73 Å². The molecule has 0 saturated carbocycles. The number of carboxylic acids is 1. The number of aliphatic carboxylic acids is 1. The maximum absolute atomic E-state index is 11.3. The van der Waals surface area contributed by atoms with Gasteiger partial charge in [-0.25, -0.2) is 14.3 Å². The van der Waals surface area contributed by atoms with E-state index < -0.39 is 5.97 Å². The minimum atomic E-state index is -0.836. The number of aliphatic imine (C=N–C) groups is 1. The van der Waals surface area contributed by atoms with Crippen molar-refractivity contribution in [2.75, 3.05) is 6.54 Å². The smallest absolute Gasteiger partial charge is 0.360 e. The van der Waals surface area contributed by atoms with Gasteiger partial charge < -0.3 is 5.11 Å². The molecule has 1 rings (SSSR count). The first-order chi connectivity index (χ1) is 15.5. The first-order valence-corrected chi connectivity index (χ1v) is 13.3. The van der Waals surface area contributed by atoms with E-state index in [4.69, 9.17) is 5.73 Å². The number of carboxylic acid groups (broad SMARTS) is 1. The quantitative estimate of drug-likeness (QED) is 0.110. The number of carbonyl (C=O) groups is 1. The summed E-state index contributed by atoms with van der Waals surface area (Å²) in [5, 5.41) is 9.27. The van der Waals surface area contributed by atoms with Gasteiger partial charge in [0.2, 0.25) is 5.84 Å². The van der Waals surface area contributed by atoms with Gasteiger partial charge in [0.1, 0.15) is 12.4 Å². The topological polar surface area (TPSA) is 75.7 Å². The Morgan fingerprint density at radius 2 is 1.44 bits per heavy atom. The van der Waals surface area contributed by atoms with Gasteiger partial charge in [-0.1, -0.05) is 96.1 Å². The first-order valence-electron chi connectivity index (χ1n) is 13.3. The molecule has 1 heterocycles. The zero-order valence-electron chi connectivity index (χ0n) is 20.9. The van der Waals surface area contributed by atoms with Crippen LogP contribution in [0.25, 0.3) is 0 Å². The number of rotatable bonds is 21. The molecule has 5 nitrogen and oxygen atoms in total. The molecule has 1 aliphatic heterocycles. The van der Waals surface area contributed by atoms with E-state index in [9.17, 15) is 9.90 Å². The number of hydrogen-bond acceptors (Lipinski definition) is 3. The Kier molecular flexibility index (Phi) is 16.1. The number of amidine groups is 1. The molecule has 184 valence electrons. The van der Waals surface area contributed by atoms with E-state index in [-0.39, 0.29) is 17.2 Å². The molecule has 0 bridgehead atoms. The molecule has 3 N–H and O–H groups in total. The lowest BCUT2D eigenvalue weighted by atomic mass is 10.0. The third kappa shape index (κ3) is 12.0. The van der Waals surface area contributed by atoms with Gasteiger partial charge in [0.15, 0.2) is 6.54 Å². The van der Waals surface area contributed by atoms with E-state index in [0.29, 0.717) is 0 Å². The molecule has 0 spiro atoms. The zero-order chi connectivity index (χ0) is 23.5. The molecule has 0 aliphatic carbocycles. The highest BCUT2D eigenvalue weighted by atomic mass is 16.4. The Balaban J connectivity index is 1.94. The van der Waals surface area contributed by atoms with Crippen molar-refractivity contribution >= 4 is 11.8 Å². The van der Waals surface area contributed by atoms with E-state index >= 15 is 0 Å². The number of nitrogens with zero attached hydrogens (tertiary/aromatic N) is 2. The number of quaternary nitrogens is 1. The van der Waals surface area contributed by atoms with Crippen molar-refractivity contribution in [2.24, 2.45) is 10.7 Å². The van der Waals surface area contributed by atoms with E-state index in [1.807, 2.05) is 13.1 Å². The summed E-state index contributed by atoms with van der Waals surface area (Å²) >= 11 is 0. The maximum Gasteiger partial charge on any atom is 0.360 e. The first kappa shape index (κ1) is 28.6. The van der Waals surface area contributed by atoms with Gasteiger partial charge in [-0.15, -0.1) is 0 Å². The van der Waals surface area contributed by atoms with Gasteiger partial charge in [-0.2, -0.15) is 0 Å². The molecule has 0 amide bonds. The van der Waals surface area contributed by atoms with Crippen molar-refractivity contribution in [3.63, 3.8) is 0 Å². The molecule has 2 unspecified atom stereocenters. The van der Waals surface area contributed by atoms with Crippen molar-refractivity contribution < 1.29 is 14.4 Å². The van der Waals surface area contributed by atoms with Crippen LogP contribution in [0.4, 0.5) is 0 Å². The lowest BCUT2D eigenvalue weighted by Crippen LogP contribution is -2.59. The van der Waals surface area contributed by atoms with Crippen LogP contribution in [0.2, 0.25) is 0 Å². The van der Waals surface area contributed by atoms with Crippen LogP contribution >= 0.6 is 0 Å². The van der Waals surface area contributed by atoms with Gasteiger partial charge in [0, 0.05) is 13.3 Å². The Morgan fingerprint density at radius 3 is 1.94 bits per heavy atom. The number of hydrogen-bond donors (Lipinski definition) is 2. The average molecular weight is 449 g/mol. The summed E-state index contributed by atoms with van der Waals surface area (Å²) in [6.07, 6.45) is 29.7. The van der Waals surface area contributed by atoms with E-state index in [1.165, 1.54) is 96.3 Å². The molecule has 5 heteroatoms. The van der Waals surface area contributed by atoms with Crippen LogP contribution in [0, 0.1) is 0 Å². The molecule has 0 radical (unpaired) electrons. The Morgan fingerprint density at radius 1 is 0.938 bits per heavy atom. The summed E-state index contributed by atoms with van der Waals surface area (Å²) in [5.74, 6) is 0.0622. The molecule has 32 heavy (non-hydrogen) atoms. The second kappa shape index (κ2) is 18.0. The highest BCUT2D eigenvalue weighted by Crippen LogP contribution is 2.23. The summed E-state index contributed by atoms with van der Waals surface area (Å²) in [7, 11) is 0. The molecule has 0 aromatic heterocycles. The number of unbranched alkanes of at least 4 members (excludes halogenated alkanes) is 14. The van der Waals surface area contributed by atoms with Gasteiger partial charge in [0.25, 0.3) is 0 Å². The minimum absolute atomic E-state index is 0.0244. The van der Waals surface area contributed by atoms with Crippen LogP contribution in [0.15, 0.2) is 29.5 Å². The lowest BCUT2D eigenvalue weighted by molar-refractivity contribution is -0.805. The fourth-order valence-corrected chi connectivity index (χ4v) is 4.48. The molecular weight excluding hydrogens is 398 g/mol. The predicted octanol–water partition coefficient (Wildman–Crippen LogP) is 7.28. The third-order valence-corrected chi connectivity index (χ3v) is 6.55. The van der Waals surface area contributed by atoms with E-state index in [2.05, 4.69) is 24.1 Å². The normalized spacial score (nSPS) is 19.0. The maximum atomic E-state index is 11.3. The van der Waals surface area contributed by atoms with Crippen molar-refractivity contribution in [1.82, 2.24) is 0 Å². The highest BCUT2D eigenvalue weighted by molar-refractivity contribution is 5.81. The molecule has 0 saturated heterocycles. The largest absolute Gasteiger partial charge is 0.477 e. The molecule has 0 fully saturated rings. The fraction of sp³-hybridized carbons (Fsp3) is 0.778. The Labute approximate surface area is 197 Å². The molecule has 0 aromatic rings. The average Bonchev–Trinajstić information content (AvgIpc) is 3.16. The van der Waals surface area contributed by atoms with Gasteiger partial charge >= 0.3 is 5.97 Å². The van der Waals surface area contributed by atoms with E-state index in [0.717, 1.165) is 18.7 Å². The monoisotopic (exact) mass is 448 g/mol. The van der Waals surface area contributed by atoms with Crippen molar-refractivity contribution in [1.29, 1.82) is 0 Å². The standard InChI is InChI=1S/C27H49N3O2/c1-3-4-5-6-7-8-9-10-11-12-13-14-15-16-17-18-19-20-21-26-29-22-23-30(26,25(2)28)24-27(31)32/h5-6,22-23,25H,3-4,7-21,24,28H2,1-2H3/p+1/b6-5+. The summed E-state index contributed by atoms with van der Waals surface area (Å²) in [5.41, 5.74) is 6.12. The summed E-state index contributed by atoms with van der Waals surface area (Å²) < 4.78 is 0.172. The predicted molar refractivity (Wildman–Crippen MR) is 136 cm³/mol. The van der Waals surface area contributed by atoms with Gasteiger partial charge in [-0.05, 0) is 25.7 Å². The van der Waals surface area contributed by atoms with Gasteiger partial charge in [0.05, 0.1) is 6.20 Å². The second-order valence-corrected chi connectivity index (χ2v) is 9.46. The number of nitrogens with two attached hydrogens (primary N) is 1.